The SMILES string of the molecule is O=C(c1ncccc1O)N1CCCCO1. The van der Waals surface area contributed by atoms with E-state index in [-0.39, 0.29) is 17.4 Å². The summed E-state index contributed by atoms with van der Waals surface area (Å²) >= 11 is 0. The first kappa shape index (κ1) is 9.92. The van der Waals surface area contributed by atoms with Crippen molar-refractivity contribution in [2.75, 3.05) is 13.2 Å². The summed E-state index contributed by atoms with van der Waals surface area (Å²) in [6.07, 6.45) is 3.34. The molecule has 0 bridgehead atoms. The Balaban J connectivity index is 2.16. The lowest BCUT2D eigenvalue weighted by Crippen LogP contribution is -2.36. The number of aromatic hydroxyl groups is 1. The minimum absolute atomic E-state index is 0.0411. The van der Waals surface area contributed by atoms with Crippen LogP contribution >= 0.6 is 0 Å². The van der Waals surface area contributed by atoms with Crippen LogP contribution in [0.3, 0.4) is 0 Å². The maximum Gasteiger partial charge on any atom is 0.299 e. The van der Waals surface area contributed by atoms with E-state index in [4.69, 9.17) is 4.84 Å². The van der Waals surface area contributed by atoms with Gasteiger partial charge in [-0.05, 0) is 25.0 Å². The topological polar surface area (TPSA) is 62.7 Å². The Labute approximate surface area is 87.3 Å². The van der Waals surface area contributed by atoms with Gasteiger partial charge in [-0.25, -0.2) is 10.0 Å². The van der Waals surface area contributed by atoms with Gasteiger partial charge in [0.25, 0.3) is 5.91 Å². The van der Waals surface area contributed by atoms with Crippen LogP contribution in [-0.2, 0) is 4.84 Å². The molecule has 0 atom stereocenters. The molecule has 0 aromatic carbocycles. The Morgan fingerprint density at radius 1 is 1.53 bits per heavy atom. The monoisotopic (exact) mass is 208 g/mol. The number of hydrogen-bond acceptors (Lipinski definition) is 4. The quantitative estimate of drug-likeness (QED) is 0.746. The molecular weight excluding hydrogens is 196 g/mol. The number of hydroxylamine groups is 2. The summed E-state index contributed by atoms with van der Waals surface area (Å²) in [5.41, 5.74) is 0.0411. The summed E-state index contributed by atoms with van der Waals surface area (Å²) < 4.78 is 0. The molecule has 2 heterocycles. The number of rotatable bonds is 1. The normalized spacial score (nSPS) is 16.4. The van der Waals surface area contributed by atoms with E-state index in [2.05, 4.69) is 4.98 Å². The highest BCUT2D eigenvalue weighted by atomic mass is 16.7. The Bertz CT molecular complexity index is 361. The average molecular weight is 208 g/mol. The third kappa shape index (κ3) is 2.07. The molecular formula is C10H12N2O3. The minimum atomic E-state index is -0.382. The van der Waals surface area contributed by atoms with Crippen LogP contribution in [0.1, 0.15) is 23.3 Å². The molecule has 2 rings (SSSR count). The molecule has 1 amide bonds. The van der Waals surface area contributed by atoms with E-state index in [0.717, 1.165) is 12.8 Å². The molecule has 1 aromatic rings. The number of carbonyl (C=O) groups excluding carboxylic acids is 1. The molecule has 1 saturated heterocycles. The Hall–Kier alpha value is -1.62. The maximum atomic E-state index is 11.8. The fraction of sp³-hybridized carbons (Fsp3) is 0.400. The standard InChI is InChI=1S/C10H12N2O3/c13-8-4-3-5-11-9(8)10(14)12-6-1-2-7-15-12/h3-5,13H,1-2,6-7H2. The predicted octanol–water partition coefficient (Wildman–Crippen LogP) is 0.955. The zero-order chi connectivity index (χ0) is 10.7. The molecule has 1 N–H and O–H groups in total. The summed E-state index contributed by atoms with van der Waals surface area (Å²) in [5, 5.41) is 10.7. The molecule has 0 spiro atoms. The molecule has 0 unspecified atom stereocenters. The molecule has 0 radical (unpaired) electrons. The molecule has 5 heteroatoms. The molecule has 1 aliphatic rings. The van der Waals surface area contributed by atoms with Crippen LogP contribution in [0, 0.1) is 0 Å². The molecule has 0 saturated carbocycles. The minimum Gasteiger partial charge on any atom is -0.505 e. The van der Waals surface area contributed by atoms with Crippen molar-refractivity contribution in [2.24, 2.45) is 0 Å². The van der Waals surface area contributed by atoms with Crippen LogP contribution in [0.4, 0.5) is 0 Å². The highest BCUT2D eigenvalue weighted by molar-refractivity contribution is 5.94. The van der Waals surface area contributed by atoms with Crippen molar-refractivity contribution in [3.8, 4) is 5.75 Å². The summed E-state index contributed by atoms with van der Waals surface area (Å²) in [6, 6.07) is 3.01. The Kier molecular flexibility index (Phi) is 2.82. The van der Waals surface area contributed by atoms with Crippen molar-refractivity contribution in [1.29, 1.82) is 0 Å². The molecule has 5 nitrogen and oxygen atoms in total. The van der Waals surface area contributed by atoms with Gasteiger partial charge in [0.15, 0.2) is 5.69 Å². The summed E-state index contributed by atoms with van der Waals surface area (Å²) in [7, 11) is 0. The molecule has 15 heavy (non-hydrogen) atoms. The van der Waals surface area contributed by atoms with Crippen LogP contribution in [0.15, 0.2) is 18.3 Å². The van der Waals surface area contributed by atoms with Crippen molar-refractivity contribution in [3.63, 3.8) is 0 Å². The smallest absolute Gasteiger partial charge is 0.299 e. The van der Waals surface area contributed by atoms with Gasteiger partial charge in [0, 0.05) is 12.7 Å². The van der Waals surface area contributed by atoms with Gasteiger partial charge in [0.05, 0.1) is 6.61 Å². The van der Waals surface area contributed by atoms with E-state index >= 15 is 0 Å². The van der Waals surface area contributed by atoms with Crippen LogP contribution < -0.4 is 0 Å². The van der Waals surface area contributed by atoms with Gasteiger partial charge in [-0.15, -0.1) is 0 Å². The molecule has 1 aromatic heterocycles. The van der Waals surface area contributed by atoms with Crippen molar-refractivity contribution in [3.05, 3.63) is 24.0 Å². The highest BCUT2D eigenvalue weighted by Gasteiger charge is 2.22. The fourth-order valence-corrected chi connectivity index (χ4v) is 1.44. The van der Waals surface area contributed by atoms with Gasteiger partial charge in [0.2, 0.25) is 0 Å². The van der Waals surface area contributed by atoms with Gasteiger partial charge >= 0.3 is 0 Å². The average Bonchev–Trinajstić information content (AvgIpc) is 2.30. The molecule has 80 valence electrons. The first-order valence-electron chi connectivity index (χ1n) is 4.88. The van der Waals surface area contributed by atoms with E-state index in [1.807, 2.05) is 0 Å². The van der Waals surface area contributed by atoms with Crippen LogP contribution in [-0.4, -0.2) is 34.2 Å². The molecule has 1 aliphatic heterocycles. The fourth-order valence-electron chi connectivity index (χ4n) is 1.44. The predicted molar refractivity (Wildman–Crippen MR) is 52.1 cm³/mol. The van der Waals surface area contributed by atoms with Crippen LogP contribution in [0.25, 0.3) is 0 Å². The number of hydrogen-bond donors (Lipinski definition) is 1. The Morgan fingerprint density at radius 2 is 2.40 bits per heavy atom. The van der Waals surface area contributed by atoms with Gasteiger partial charge < -0.3 is 5.11 Å². The second-order valence-corrected chi connectivity index (χ2v) is 3.32. The van der Waals surface area contributed by atoms with E-state index < -0.39 is 0 Å². The lowest BCUT2D eigenvalue weighted by molar-refractivity contribution is -0.144. The van der Waals surface area contributed by atoms with Gasteiger partial charge in [-0.3, -0.25) is 9.63 Å². The number of nitrogens with zero attached hydrogens (tertiary/aromatic N) is 2. The molecule has 1 fully saturated rings. The highest BCUT2D eigenvalue weighted by Crippen LogP contribution is 2.17. The number of carbonyl (C=O) groups is 1. The largest absolute Gasteiger partial charge is 0.505 e. The number of aromatic nitrogens is 1. The van der Waals surface area contributed by atoms with Crippen molar-refractivity contribution in [1.82, 2.24) is 10.0 Å². The number of amides is 1. The van der Waals surface area contributed by atoms with E-state index in [1.165, 1.54) is 17.3 Å². The van der Waals surface area contributed by atoms with Crippen LogP contribution in [0.2, 0.25) is 0 Å². The zero-order valence-corrected chi connectivity index (χ0v) is 8.22. The van der Waals surface area contributed by atoms with Gasteiger partial charge in [-0.2, -0.15) is 0 Å². The van der Waals surface area contributed by atoms with Crippen molar-refractivity contribution in [2.45, 2.75) is 12.8 Å². The van der Waals surface area contributed by atoms with E-state index in [9.17, 15) is 9.90 Å². The third-order valence-electron chi connectivity index (χ3n) is 2.22. The van der Waals surface area contributed by atoms with Gasteiger partial charge in [-0.1, -0.05) is 0 Å². The lowest BCUT2D eigenvalue weighted by Gasteiger charge is -2.25. The summed E-state index contributed by atoms with van der Waals surface area (Å²) in [4.78, 5) is 20.8. The van der Waals surface area contributed by atoms with Gasteiger partial charge in [0.1, 0.15) is 5.75 Å². The number of pyridine rings is 1. The third-order valence-corrected chi connectivity index (χ3v) is 2.22. The summed E-state index contributed by atoms with van der Waals surface area (Å²) in [6.45, 7) is 1.09. The van der Waals surface area contributed by atoms with Crippen LogP contribution in [0.5, 0.6) is 5.75 Å². The van der Waals surface area contributed by atoms with E-state index in [0.29, 0.717) is 13.2 Å². The zero-order valence-electron chi connectivity index (χ0n) is 8.22. The Morgan fingerprint density at radius 3 is 3.07 bits per heavy atom. The van der Waals surface area contributed by atoms with E-state index in [1.54, 1.807) is 6.07 Å². The first-order chi connectivity index (χ1) is 7.29. The first-order valence-corrected chi connectivity index (χ1v) is 4.88. The van der Waals surface area contributed by atoms with Crippen molar-refractivity contribution < 1.29 is 14.7 Å². The van der Waals surface area contributed by atoms with Crippen molar-refractivity contribution >= 4 is 5.91 Å². The lowest BCUT2D eigenvalue weighted by atomic mass is 10.2. The maximum absolute atomic E-state index is 11.8. The second kappa shape index (κ2) is 4.27. The summed E-state index contributed by atoms with van der Waals surface area (Å²) in [5.74, 6) is -0.496. The second-order valence-electron chi connectivity index (χ2n) is 3.32. The molecule has 0 aliphatic carbocycles.